The van der Waals surface area contributed by atoms with Crippen LogP contribution in [-0.4, -0.2) is 38.4 Å². The fraction of sp³-hybridized carbons (Fsp3) is 0.538. The van der Waals surface area contributed by atoms with Crippen LogP contribution < -0.4 is 0 Å². The maximum absolute atomic E-state index is 13.8. The Bertz CT molecular complexity index is 697. The van der Waals surface area contributed by atoms with Crippen LogP contribution in [0.25, 0.3) is 0 Å². The second kappa shape index (κ2) is 5.15. The lowest BCUT2D eigenvalue weighted by atomic mass is 10.2. The molecule has 1 fully saturated rings. The predicted octanol–water partition coefficient (Wildman–Crippen LogP) is 2.15. The van der Waals surface area contributed by atoms with Crippen LogP contribution in [0.2, 0.25) is 0 Å². The minimum Gasteiger partial charge on any atom is -0.438 e. The second-order valence-corrected chi connectivity index (χ2v) is 5.18. The molecule has 1 amide bonds. The first-order valence-electron chi connectivity index (χ1n) is 6.82. The van der Waals surface area contributed by atoms with Crippen molar-refractivity contribution in [1.29, 1.82) is 0 Å². The van der Waals surface area contributed by atoms with Crippen molar-refractivity contribution in [2.75, 3.05) is 6.54 Å². The smallest absolute Gasteiger partial charge is 0.292 e. The summed E-state index contributed by atoms with van der Waals surface area (Å²) in [5.41, 5.74) is 0.346. The number of likely N-dealkylation sites (tertiary alicyclic amines) is 1. The van der Waals surface area contributed by atoms with Crippen molar-refractivity contribution in [2.45, 2.75) is 38.7 Å². The van der Waals surface area contributed by atoms with E-state index in [1.807, 2.05) is 6.92 Å². The Morgan fingerprint density at radius 1 is 1.55 bits per heavy atom. The van der Waals surface area contributed by atoms with E-state index in [1.165, 1.54) is 0 Å². The molecule has 0 bridgehead atoms. The molecular formula is C13H14F2N4O3. The van der Waals surface area contributed by atoms with Crippen LogP contribution in [0.4, 0.5) is 8.78 Å². The van der Waals surface area contributed by atoms with Crippen molar-refractivity contribution in [1.82, 2.24) is 20.0 Å². The summed E-state index contributed by atoms with van der Waals surface area (Å²) in [7, 11) is 0. The largest absolute Gasteiger partial charge is 0.438 e. The van der Waals surface area contributed by atoms with Crippen LogP contribution in [0, 0.1) is 6.92 Å². The van der Waals surface area contributed by atoms with E-state index in [9.17, 15) is 13.6 Å². The van der Waals surface area contributed by atoms with Gasteiger partial charge in [0.15, 0.2) is 12.2 Å². The van der Waals surface area contributed by atoms with Gasteiger partial charge in [-0.2, -0.15) is 4.98 Å². The van der Waals surface area contributed by atoms with Crippen molar-refractivity contribution < 1.29 is 22.5 Å². The lowest BCUT2D eigenvalue weighted by Gasteiger charge is -2.19. The molecule has 9 heteroatoms. The molecule has 0 spiro atoms. The van der Waals surface area contributed by atoms with Crippen molar-refractivity contribution in [3.8, 4) is 0 Å². The average molecular weight is 312 g/mol. The quantitative estimate of drug-likeness (QED) is 0.863. The minimum absolute atomic E-state index is 0.0135. The molecule has 0 saturated carbocycles. The Kier molecular flexibility index (Phi) is 3.42. The van der Waals surface area contributed by atoms with Crippen LogP contribution in [0.3, 0.4) is 0 Å². The Balaban J connectivity index is 1.93. The third kappa shape index (κ3) is 2.46. The van der Waals surface area contributed by atoms with E-state index in [1.54, 1.807) is 6.92 Å². The summed E-state index contributed by atoms with van der Waals surface area (Å²) in [6, 6.07) is -0.972. The summed E-state index contributed by atoms with van der Waals surface area (Å²) in [5, 5.41) is 3.70. The molecule has 0 aliphatic carbocycles. The highest BCUT2D eigenvalue weighted by atomic mass is 19.3. The molecule has 1 saturated heterocycles. The zero-order valence-corrected chi connectivity index (χ0v) is 12.0. The monoisotopic (exact) mass is 312 g/mol. The summed E-state index contributed by atoms with van der Waals surface area (Å²) in [4.78, 5) is 21.3. The van der Waals surface area contributed by atoms with Gasteiger partial charge in [-0.05, 0) is 6.92 Å². The molecule has 2 aromatic rings. The van der Waals surface area contributed by atoms with Crippen molar-refractivity contribution in [3.05, 3.63) is 29.6 Å². The van der Waals surface area contributed by atoms with Gasteiger partial charge in [0, 0.05) is 12.8 Å². The van der Waals surface area contributed by atoms with Gasteiger partial charge in [-0.3, -0.25) is 4.79 Å². The highest BCUT2D eigenvalue weighted by Gasteiger charge is 2.50. The van der Waals surface area contributed by atoms with Crippen molar-refractivity contribution in [2.24, 2.45) is 0 Å². The van der Waals surface area contributed by atoms with E-state index in [0.717, 1.165) is 11.3 Å². The third-order valence-electron chi connectivity index (χ3n) is 3.56. The van der Waals surface area contributed by atoms with Crippen molar-refractivity contribution in [3.63, 3.8) is 0 Å². The lowest BCUT2D eigenvalue weighted by molar-refractivity contribution is 0.0113. The van der Waals surface area contributed by atoms with Gasteiger partial charge in [0.05, 0.1) is 12.2 Å². The number of aromatic nitrogens is 3. The summed E-state index contributed by atoms with van der Waals surface area (Å²) >= 11 is 0. The molecule has 1 aliphatic rings. The van der Waals surface area contributed by atoms with Gasteiger partial charge in [-0.25, -0.2) is 13.8 Å². The van der Waals surface area contributed by atoms with Gasteiger partial charge in [0.25, 0.3) is 11.8 Å². The minimum atomic E-state index is -3.02. The SMILES string of the molecule is CCc1noc([C@@H]2CC(F)(F)CN2C(=O)c2ocnc2C)n1. The standard InChI is InChI=1S/C13H14F2N4O3/c1-3-9-17-11(22-18-9)8-4-13(14,15)5-19(8)12(20)10-7(2)16-6-21-10/h6,8H,3-5H2,1-2H3/t8-/m0/s1. The first kappa shape index (κ1) is 14.6. The number of carbonyl (C=O) groups is 1. The second-order valence-electron chi connectivity index (χ2n) is 5.18. The molecule has 0 unspecified atom stereocenters. The fourth-order valence-corrected chi connectivity index (χ4v) is 2.44. The van der Waals surface area contributed by atoms with E-state index >= 15 is 0 Å². The summed E-state index contributed by atoms with van der Waals surface area (Å²) in [5.74, 6) is -3.31. The van der Waals surface area contributed by atoms with Gasteiger partial charge in [-0.1, -0.05) is 12.1 Å². The molecule has 22 heavy (non-hydrogen) atoms. The number of hydrogen-bond donors (Lipinski definition) is 0. The molecule has 1 aliphatic heterocycles. The number of rotatable bonds is 3. The molecular weight excluding hydrogens is 298 g/mol. The lowest BCUT2D eigenvalue weighted by Crippen LogP contribution is -2.33. The van der Waals surface area contributed by atoms with Gasteiger partial charge >= 0.3 is 0 Å². The first-order chi connectivity index (χ1) is 10.4. The van der Waals surface area contributed by atoms with Gasteiger partial charge in [0.2, 0.25) is 11.7 Å². The summed E-state index contributed by atoms with van der Waals surface area (Å²) in [6.07, 6.45) is 1.06. The van der Waals surface area contributed by atoms with Crippen molar-refractivity contribution >= 4 is 5.91 Å². The Morgan fingerprint density at radius 3 is 2.91 bits per heavy atom. The molecule has 1 atom stereocenters. The Labute approximate surface area is 124 Å². The fourth-order valence-electron chi connectivity index (χ4n) is 2.44. The number of aryl methyl sites for hydroxylation is 2. The summed E-state index contributed by atoms with van der Waals surface area (Å²) in [6.45, 7) is 2.67. The number of amides is 1. The number of alkyl halides is 2. The van der Waals surface area contributed by atoms with Crippen LogP contribution in [-0.2, 0) is 6.42 Å². The number of hydrogen-bond acceptors (Lipinski definition) is 6. The molecule has 118 valence electrons. The van der Waals surface area contributed by atoms with Crippen LogP contribution in [0.1, 0.15) is 47.4 Å². The molecule has 0 N–H and O–H groups in total. The molecule has 3 heterocycles. The zero-order chi connectivity index (χ0) is 15.9. The van der Waals surface area contributed by atoms with Gasteiger partial charge in [0.1, 0.15) is 6.04 Å². The third-order valence-corrected chi connectivity index (χ3v) is 3.56. The number of oxazole rings is 1. The number of halogens is 2. The van der Waals surface area contributed by atoms with Crippen LogP contribution in [0.15, 0.2) is 15.3 Å². The normalized spacial score (nSPS) is 20.5. The van der Waals surface area contributed by atoms with E-state index < -0.39 is 30.8 Å². The van der Waals surface area contributed by atoms with E-state index in [2.05, 4.69) is 15.1 Å². The predicted molar refractivity (Wildman–Crippen MR) is 68.3 cm³/mol. The van der Waals surface area contributed by atoms with Gasteiger partial charge in [-0.15, -0.1) is 0 Å². The molecule has 0 aromatic carbocycles. The molecule has 0 radical (unpaired) electrons. The maximum Gasteiger partial charge on any atom is 0.292 e. The van der Waals surface area contributed by atoms with Crippen LogP contribution in [0.5, 0.6) is 0 Å². The summed E-state index contributed by atoms with van der Waals surface area (Å²) < 4.78 is 37.6. The highest BCUT2D eigenvalue weighted by Crippen LogP contribution is 2.41. The Morgan fingerprint density at radius 2 is 2.32 bits per heavy atom. The Hall–Kier alpha value is -2.32. The van der Waals surface area contributed by atoms with E-state index in [-0.39, 0.29) is 11.7 Å². The first-order valence-corrected chi connectivity index (χ1v) is 6.82. The molecule has 7 nitrogen and oxygen atoms in total. The van der Waals surface area contributed by atoms with E-state index in [0.29, 0.717) is 17.9 Å². The zero-order valence-electron chi connectivity index (χ0n) is 12.0. The topological polar surface area (TPSA) is 85.3 Å². The number of carbonyl (C=O) groups excluding carboxylic acids is 1. The molecule has 3 rings (SSSR count). The van der Waals surface area contributed by atoms with Gasteiger partial charge < -0.3 is 13.8 Å². The maximum atomic E-state index is 13.8. The molecule has 2 aromatic heterocycles. The van der Waals surface area contributed by atoms with E-state index in [4.69, 9.17) is 8.94 Å². The highest BCUT2D eigenvalue weighted by molar-refractivity contribution is 5.92. The number of nitrogens with zero attached hydrogens (tertiary/aromatic N) is 4. The average Bonchev–Trinajstić information content (AvgIpc) is 3.15. The van der Waals surface area contributed by atoms with Crippen LogP contribution >= 0.6 is 0 Å².